The summed E-state index contributed by atoms with van der Waals surface area (Å²) in [7, 11) is 3.21. The van der Waals surface area contributed by atoms with E-state index in [4.69, 9.17) is 9.47 Å². The number of benzene rings is 2. The molecule has 0 radical (unpaired) electrons. The second kappa shape index (κ2) is 7.54. The SMILES string of the molecule is COc1ccc(NC(=O)c2ccc(OC)c(NC(C)C)c2)cc1. The molecule has 0 atom stereocenters. The van der Waals surface area contributed by atoms with Gasteiger partial charge in [-0.1, -0.05) is 0 Å². The van der Waals surface area contributed by atoms with E-state index in [2.05, 4.69) is 10.6 Å². The third kappa shape index (κ3) is 4.39. The lowest BCUT2D eigenvalue weighted by Crippen LogP contribution is -2.14. The predicted octanol–water partition coefficient (Wildman–Crippen LogP) is 3.78. The highest BCUT2D eigenvalue weighted by atomic mass is 16.5. The maximum Gasteiger partial charge on any atom is 0.255 e. The highest BCUT2D eigenvalue weighted by molar-refractivity contribution is 6.05. The minimum atomic E-state index is -0.176. The normalized spacial score (nSPS) is 10.3. The van der Waals surface area contributed by atoms with Gasteiger partial charge in [-0.2, -0.15) is 0 Å². The van der Waals surface area contributed by atoms with E-state index in [1.165, 1.54) is 0 Å². The Labute approximate surface area is 136 Å². The van der Waals surface area contributed by atoms with Crippen molar-refractivity contribution in [3.05, 3.63) is 48.0 Å². The summed E-state index contributed by atoms with van der Waals surface area (Å²) in [4.78, 5) is 12.4. The fourth-order valence-corrected chi connectivity index (χ4v) is 2.15. The van der Waals surface area contributed by atoms with Crippen LogP contribution in [0.3, 0.4) is 0 Å². The molecule has 0 aliphatic heterocycles. The summed E-state index contributed by atoms with van der Waals surface area (Å²) in [6, 6.07) is 12.8. The van der Waals surface area contributed by atoms with E-state index in [9.17, 15) is 4.79 Å². The molecule has 0 fully saturated rings. The third-order valence-corrected chi connectivity index (χ3v) is 3.25. The van der Waals surface area contributed by atoms with Crippen LogP contribution in [0.1, 0.15) is 24.2 Å². The van der Waals surface area contributed by atoms with Crippen LogP contribution >= 0.6 is 0 Å². The number of nitrogens with one attached hydrogen (secondary N) is 2. The lowest BCUT2D eigenvalue weighted by atomic mass is 10.1. The molecule has 0 saturated heterocycles. The molecule has 5 nitrogen and oxygen atoms in total. The van der Waals surface area contributed by atoms with E-state index in [1.54, 1.807) is 56.7 Å². The molecule has 0 aromatic heterocycles. The van der Waals surface area contributed by atoms with Crippen LogP contribution in [-0.2, 0) is 0 Å². The summed E-state index contributed by atoms with van der Waals surface area (Å²) in [5.74, 6) is 1.28. The second-order valence-corrected chi connectivity index (χ2v) is 5.40. The topological polar surface area (TPSA) is 59.6 Å². The molecular weight excluding hydrogens is 292 g/mol. The Morgan fingerprint density at radius 3 is 2.26 bits per heavy atom. The molecule has 122 valence electrons. The second-order valence-electron chi connectivity index (χ2n) is 5.40. The van der Waals surface area contributed by atoms with Crippen LogP contribution in [0, 0.1) is 0 Å². The molecule has 2 rings (SSSR count). The number of hydrogen-bond donors (Lipinski definition) is 2. The first-order valence-electron chi connectivity index (χ1n) is 7.43. The first-order chi connectivity index (χ1) is 11.0. The molecule has 0 heterocycles. The summed E-state index contributed by atoms with van der Waals surface area (Å²) in [5, 5.41) is 6.14. The molecule has 0 unspecified atom stereocenters. The standard InChI is InChI=1S/C18H22N2O3/c1-12(2)19-16-11-13(5-10-17(16)23-4)18(21)20-14-6-8-15(22-3)9-7-14/h5-12,19H,1-4H3,(H,20,21). The van der Waals surface area contributed by atoms with Gasteiger partial charge in [0.15, 0.2) is 0 Å². The Bertz CT molecular complexity index is 666. The molecule has 0 aliphatic carbocycles. The maximum absolute atomic E-state index is 12.4. The summed E-state index contributed by atoms with van der Waals surface area (Å²) in [6.07, 6.45) is 0. The zero-order valence-electron chi connectivity index (χ0n) is 13.8. The molecule has 0 aliphatic rings. The van der Waals surface area contributed by atoms with Gasteiger partial charge < -0.3 is 20.1 Å². The van der Waals surface area contributed by atoms with Gasteiger partial charge in [-0.05, 0) is 56.3 Å². The third-order valence-electron chi connectivity index (χ3n) is 3.25. The smallest absolute Gasteiger partial charge is 0.255 e. The van der Waals surface area contributed by atoms with Gasteiger partial charge >= 0.3 is 0 Å². The highest BCUT2D eigenvalue weighted by Crippen LogP contribution is 2.26. The van der Waals surface area contributed by atoms with Crippen molar-refractivity contribution in [2.75, 3.05) is 24.9 Å². The van der Waals surface area contributed by atoms with Crippen LogP contribution in [0.5, 0.6) is 11.5 Å². The molecule has 0 bridgehead atoms. The number of carbonyl (C=O) groups excluding carboxylic acids is 1. The quantitative estimate of drug-likeness (QED) is 0.852. The first kappa shape index (κ1) is 16.7. The molecule has 2 aromatic carbocycles. The van der Waals surface area contributed by atoms with Crippen LogP contribution in [0.4, 0.5) is 11.4 Å². The molecular formula is C18H22N2O3. The van der Waals surface area contributed by atoms with Crippen molar-refractivity contribution >= 4 is 17.3 Å². The van der Waals surface area contributed by atoms with Gasteiger partial charge in [-0.15, -0.1) is 0 Å². The van der Waals surface area contributed by atoms with E-state index in [0.29, 0.717) is 17.0 Å². The minimum absolute atomic E-state index is 0.176. The minimum Gasteiger partial charge on any atom is -0.497 e. The lowest BCUT2D eigenvalue weighted by Gasteiger charge is -2.15. The maximum atomic E-state index is 12.4. The van der Waals surface area contributed by atoms with E-state index in [1.807, 2.05) is 13.8 Å². The number of rotatable bonds is 6. The van der Waals surface area contributed by atoms with Gasteiger partial charge in [0.1, 0.15) is 11.5 Å². The fraction of sp³-hybridized carbons (Fsp3) is 0.278. The van der Waals surface area contributed by atoms with Gasteiger partial charge in [-0.3, -0.25) is 4.79 Å². The number of ether oxygens (including phenoxy) is 2. The van der Waals surface area contributed by atoms with E-state index < -0.39 is 0 Å². The van der Waals surface area contributed by atoms with Crippen molar-refractivity contribution in [1.82, 2.24) is 0 Å². The molecule has 2 N–H and O–H groups in total. The predicted molar refractivity (Wildman–Crippen MR) is 92.7 cm³/mol. The van der Waals surface area contributed by atoms with Gasteiger partial charge in [-0.25, -0.2) is 0 Å². The Balaban J connectivity index is 2.17. The van der Waals surface area contributed by atoms with Gasteiger partial charge in [0.25, 0.3) is 5.91 Å². The molecule has 0 saturated carbocycles. The fourth-order valence-electron chi connectivity index (χ4n) is 2.15. The van der Waals surface area contributed by atoms with Crippen molar-refractivity contribution in [2.45, 2.75) is 19.9 Å². The monoisotopic (exact) mass is 314 g/mol. The van der Waals surface area contributed by atoms with Crippen molar-refractivity contribution in [3.63, 3.8) is 0 Å². The number of hydrogen-bond acceptors (Lipinski definition) is 4. The largest absolute Gasteiger partial charge is 0.497 e. The Hall–Kier alpha value is -2.69. The van der Waals surface area contributed by atoms with Crippen molar-refractivity contribution in [1.29, 1.82) is 0 Å². The van der Waals surface area contributed by atoms with Crippen molar-refractivity contribution in [3.8, 4) is 11.5 Å². The van der Waals surface area contributed by atoms with Crippen LogP contribution in [0.25, 0.3) is 0 Å². The lowest BCUT2D eigenvalue weighted by molar-refractivity contribution is 0.102. The molecule has 5 heteroatoms. The Kier molecular flexibility index (Phi) is 5.46. The van der Waals surface area contributed by atoms with E-state index in [-0.39, 0.29) is 11.9 Å². The average Bonchev–Trinajstić information content (AvgIpc) is 2.55. The Morgan fingerprint density at radius 2 is 1.70 bits per heavy atom. The highest BCUT2D eigenvalue weighted by Gasteiger charge is 2.11. The van der Waals surface area contributed by atoms with Crippen LogP contribution in [0.2, 0.25) is 0 Å². The zero-order valence-corrected chi connectivity index (χ0v) is 13.8. The Morgan fingerprint density at radius 1 is 1.00 bits per heavy atom. The van der Waals surface area contributed by atoms with Crippen LogP contribution in [0.15, 0.2) is 42.5 Å². The summed E-state index contributed by atoms with van der Waals surface area (Å²) in [6.45, 7) is 4.06. The van der Waals surface area contributed by atoms with Crippen molar-refractivity contribution < 1.29 is 14.3 Å². The van der Waals surface area contributed by atoms with Crippen LogP contribution < -0.4 is 20.1 Å². The number of amides is 1. The first-order valence-corrected chi connectivity index (χ1v) is 7.43. The van der Waals surface area contributed by atoms with E-state index in [0.717, 1.165) is 11.4 Å². The summed E-state index contributed by atoms with van der Waals surface area (Å²) in [5.41, 5.74) is 2.07. The molecule has 23 heavy (non-hydrogen) atoms. The molecule has 0 spiro atoms. The van der Waals surface area contributed by atoms with Gasteiger partial charge in [0, 0.05) is 17.3 Å². The van der Waals surface area contributed by atoms with Gasteiger partial charge in [0.2, 0.25) is 0 Å². The summed E-state index contributed by atoms with van der Waals surface area (Å²) >= 11 is 0. The zero-order chi connectivity index (χ0) is 16.8. The number of carbonyl (C=O) groups is 1. The molecule has 1 amide bonds. The number of methoxy groups -OCH3 is 2. The van der Waals surface area contributed by atoms with Gasteiger partial charge in [0.05, 0.1) is 19.9 Å². The van der Waals surface area contributed by atoms with Crippen LogP contribution in [-0.4, -0.2) is 26.2 Å². The average molecular weight is 314 g/mol. The van der Waals surface area contributed by atoms with E-state index >= 15 is 0 Å². The number of anilines is 2. The molecule has 2 aromatic rings. The summed E-state index contributed by atoms with van der Waals surface area (Å²) < 4.78 is 10.4. The van der Waals surface area contributed by atoms with Crippen molar-refractivity contribution in [2.24, 2.45) is 0 Å².